The molecule has 1 aromatic heterocycles. The molecular formula is C18H24BNO. The molecular weight excluding hydrogens is 257 g/mol. The quantitative estimate of drug-likeness (QED) is 0.793. The molecule has 3 heteroatoms. The second-order valence-electron chi connectivity index (χ2n) is 6.64. The summed E-state index contributed by atoms with van der Waals surface area (Å²) in [7, 11) is 2.20. The van der Waals surface area contributed by atoms with Gasteiger partial charge in [0.1, 0.15) is 5.78 Å². The molecule has 0 saturated heterocycles. The van der Waals surface area contributed by atoms with E-state index < -0.39 is 0 Å². The van der Waals surface area contributed by atoms with Gasteiger partial charge in [-0.25, -0.2) is 0 Å². The van der Waals surface area contributed by atoms with Gasteiger partial charge in [0.15, 0.2) is 7.85 Å². The number of hydrogen-bond donors (Lipinski definition) is 0. The molecule has 21 heavy (non-hydrogen) atoms. The van der Waals surface area contributed by atoms with Crippen LogP contribution >= 0.6 is 0 Å². The Labute approximate surface area is 127 Å². The molecule has 1 fully saturated rings. The van der Waals surface area contributed by atoms with Crippen molar-refractivity contribution in [3.63, 3.8) is 0 Å². The third-order valence-electron chi connectivity index (χ3n) is 4.92. The first-order valence-corrected chi connectivity index (χ1v) is 8.16. The molecule has 2 nitrogen and oxygen atoms in total. The Balaban J connectivity index is 2.18. The van der Waals surface area contributed by atoms with Gasteiger partial charge in [0.05, 0.1) is 6.54 Å². The average molecular weight is 281 g/mol. The van der Waals surface area contributed by atoms with E-state index in [2.05, 4.69) is 37.5 Å². The number of Topliss-reactive ketones (excluding diaryl/α,β-unsaturated/α-hetero) is 1. The molecule has 1 aromatic carbocycles. The number of aryl methyl sites for hydroxylation is 1. The van der Waals surface area contributed by atoms with Crippen molar-refractivity contribution >= 4 is 30.1 Å². The molecule has 0 aliphatic heterocycles. The van der Waals surface area contributed by atoms with Crippen molar-refractivity contribution in [2.24, 2.45) is 0 Å². The Bertz CT molecular complexity index is 680. The van der Waals surface area contributed by atoms with Crippen molar-refractivity contribution in [3.05, 3.63) is 29.3 Å². The average Bonchev–Trinajstić information content (AvgIpc) is 2.72. The number of ketones is 1. The standard InChI is InChI=1S/C18H24BNO/c1-12-8-9-15-16(10-12)20(11-13(2)21)18(19)17(15)14-6-4-3-5-7-14/h8-10,14H,3-7,11,19H2,1-2H3. The van der Waals surface area contributed by atoms with Gasteiger partial charge in [-0.3, -0.25) is 4.79 Å². The van der Waals surface area contributed by atoms with E-state index >= 15 is 0 Å². The fourth-order valence-corrected chi connectivity index (χ4v) is 3.95. The van der Waals surface area contributed by atoms with Crippen molar-refractivity contribution < 1.29 is 4.79 Å². The molecule has 0 amide bonds. The zero-order valence-electron chi connectivity index (χ0n) is 13.4. The minimum absolute atomic E-state index is 0.228. The van der Waals surface area contributed by atoms with Gasteiger partial charge in [0.2, 0.25) is 0 Å². The molecule has 2 aromatic rings. The summed E-state index contributed by atoms with van der Waals surface area (Å²) in [6, 6.07) is 6.70. The fourth-order valence-electron chi connectivity index (χ4n) is 3.95. The van der Waals surface area contributed by atoms with Crippen LogP contribution in [0.5, 0.6) is 0 Å². The number of carbonyl (C=O) groups excluding carboxylic acids is 1. The smallest absolute Gasteiger partial charge is 0.161 e. The molecule has 0 atom stereocenters. The molecule has 0 spiro atoms. The van der Waals surface area contributed by atoms with Crippen molar-refractivity contribution in [1.29, 1.82) is 0 Å². The number of hydrogen-bond acceptors (Lipinski definition) is 1. The van der Waals surface area contributed by atoms with Gasteiger partial charge < -0.3 is 4.57 Å². The summed E-state index contributed by atoms with van der Waals surface area (Å²) in [5.74, 6) is 0.906. The fraction of sp³-hybridized carbons (Fsp3) is 0.500. The molecule has 1 aliphatic carbocycles. The highest BCUT2D eigenvalue weighted by Gasteiger charge is 2.23. The van der Waals surface area contributed by atoms with Crippen LogP contribution in [-0.2, 0) is 11.3 Å². The third-order valence-corrected chi connectivity index (χ3v) is 4.92. The van der Waals surface area contributed by atoms with Gasteiger partial charge >= 0.3 is 0 Å². The zero-order chi connectivity index (χ0) is 15.0. The van der Waals surface area contributed by atoms with Crippen LogP contribution in [0.25, 0.3) is 10.9 Å². The number of carbonyl (C=O) groups is 1. The van der Waals surface area contributed by atoms with Gasteiger partial charge in [-0.05, 0) is 55.4 Å². The monoisotopic (exact) mass is 281 g/mol. The van der Waals surface area contributed by atoms with Crippen molar-refractivity contribution in [2.75, 3.05) is 0 Å². The first kappa shape index (κ1) is 14.4. The first-order valence-electron chi connectivity index (χ1n) is 8.16. The van der Waals surface area contributed by atoms with E-state index in [1.807, 2.05) is 0 Å². The Morgan fingerprint density at radius 1 is 1.29 bits per heavy atom. The molecule has 1 saturated carbocycles. The summed E-state index contributed by atoms with van der Waals surface area (Å²) in [5.41, 5.74) is 5.31. The maximum absolute atomic E-state index is 11.7. The van der Waals surface area contributed by atoms with E-state index in [0.29, 0.717) is 12.5 Å². The van der Waals surface area contributed by atoms with Gasteiger partial charge in [-0.2, -0.15) is 0 Å². The highest BCUT2D eigenvalue weighted by atomic mass is 16.1. The minimum atomic E-state index is 0.228. The summed E-state index contributed by atoms with van der Waals surface area (Å²) in [5, 5.41) is 1.37. The van der Waals surface area contributed by atoms with Crippen LogP contribution in [0.15, 0.2) is 18.2 Å². The van der Waals surface area contributed by atoms with Crippen molar-refractivity contribution in [2.45, 2.75) is 58.4 Å². The summed E-state index contributed by atoms with van der Waals surface area (Å²) in [6.45, 7) is 4.31. The van der Waals surface area contributed by atoms with Crippen LogP contribution in [0, 0.1) is 6.92 Å². The molecule has 0 unspecified atom stereocenters. The van der Waals surface area contributed by atoms with Crippen LogP contribution in [0.1, 0.15) is 56.1 Å². The molecule has 3 rings (SSSR count). The maximum atomic E-state index is 11.7. The van der Waals surface area contributed by atoms with Crippen LogP contribution in [0.3, 0.4) is 0 Å². The van der Waals surface area contributed by atoms with Crippen molar-refractivity contribution in [3.8, 4) is 0 Å². The van der Waals surface area contributed by atoms with Crippen LogP contribution in [0.2, 0.25) is 0 Å². The summed E-state index contributed by atoms with van der Waals surface area (Å²) in [6.07, 6.45) is 6.66. The molecule has 1 aliphatic rings. The number of benzene rings is 1. The normalized spacial score (nSPS) is 16.5. The number of rotatable bonds is 3. The van der Waals surface area contributed by atoms with Crippen molar-refractivity contribution in [1.82, 2.24) is 4.57 Å². The van der Waals surface area contributed by atoms with E-state index in [-0.39, 0.29) is 5.78 Å². The lowest BCUT2D eigenvalue weighted by molar-refractivity contribution is -0.117. The Morgan fingerprint density at radius 2 is 2.00 bits per heavy atom. The molecule has 1 heterocycles. The molecule has 0 bridgehead atoms. The van der Waals surface area contributed by atoms with Crippen LogP contribution in [-0.4, -0.2) is 18.2 Å². The molecule has 0 radical (unpaired) electrons. The largest absolute Gasteiger partial charge is 0.346 e. The lowest BCUT2D eigenvalue weighted by atomic mass is 9.79. The zero-order valence-corrected chi connectivity index (χ0v) is 13.4. The number of aromatic nitrogens is 1. The SMILES string of the molecule is Bc1c(C2CCCCC2)c2ccc(C)cc2n1CC(C)=O. The Kier molecular flexibility index (Phi) is 3.92. The van der Waals surface area contributed by atoms with E-state index in [1.165, 1.54) is 59.7 Å². The number of fused-ring (bicyclic) bond motifs is 1. The highest BCUT2D eigenvalue weighted by Crippen LogP contribution is 2.36. The number of nitrogens with zero attached hydrogens (tertiary/aromatic N) is 1. The van der Waals surface area contributed by atoms with E-state index in [0.717, 1.165) is 0 Å². The van der Waals surface area contributed by atoms with Gasteiger partial charge in [-0.15, -0.1) is 0 Å². The summed E-state index contributed by atoms with van der Waals surface area (Å²) >= 11 is 0. The van der Waals surface area contributed by atoms with E-state index in [1.54, 1.807) is 6.92 Å². The lowest BCUT2D eigenvalue weighted by Crippen LogP contribution is -2.25. The predicted molar refractivity (Wildman–Crippen MR) is 91.4 cm³/mol. The third kappa shape index (κ3) is 2.66. The van der Waals surface area contributed by atoms with Gasteiger partial charge in [0, 0.05) is 10.9 Å². The van der Waals surface area contributed by atoms with E-state index in [4.69, 9.17) is 0 Å². The second-order valence-corrected chi connectivity index (χ2v) is 6.64. The summed E-state index contributed by atoms with van der Waals surface area (Å²) < 4.78 is 2.23. The van der Waals surface area contributed by atoms with Gasteiger partial charge in [0.25, 0.3) is 0 Å². The minimum Gasteiger partial charge on any atom is -0.346 e. The summed E-state index contributed by atoms with van der Waals surface area (Å²) in [4.78, 5) is 11.7. The molecule has 110 valence electrons. The molecule has 0 N–H and O–H groups in total. The van der Waals surface area contributed by atoms with Gasteiger partial charge in [-0.1, -0.05) is 31.4 Å². The van der Waals surface area contributed by atoms with Crippen LogP contribution < -0.4 is 5.59 Å². The highest BCUT2D eigenvalue weighted by molar-refractivity contribution is 6.34. The lowest BCUT2D eigenvalue weighted by Gasteiger charge is -2.22. The maximum Gasteiger partial charge on any atom is 0.161 e. The first-order chi connectivity index (χ1) is 10.1. The van der Waals surface area contributed by atoms with E-state index in [9.17, 15) is 4.79 Å². The Morgan fingerprint density at radius 3 is 2.67 bits per heavy atom. The van der Waals surface area contributed by atoms with Crippen LogP contribution in [0.4, 0.5) is 0 Å². The topological polar surface area (TPSA) is 22.0 Å². The predicted octanol–water partition coefficient (Wildman–Crippen LogP) is 2.84. The second kappa shape index (κ2) is 5.71. The Hall–Kier alpha value is -1.51.